The number of methoxy groups -OCH3 is 1. The van der Waals surface area contributed by atoms with Crippen LogP contribution < -0.4 is 15.4 Å². The maximum absolute atomic E-state index is 13.1. The van der Waals surface area contributed by atoms with Gasteiger partial charge in [0.15, 0.2) is 0 Å². The third kappa shape index (κ3) is 2.82. The fourth-order valence-corrected chi connectivity index (χ4v) is 2.51. The van der Waals surface area contributed by atoms with Crippen molar-refractivity contribution in [1.82, 2.24) is 9.97 Å². The number of hydrogen-bond donors (Lipinski definition) is 3. The van der Waals surface area contributed by atoms with Gasteiger partial charge in [-0.25, -0.2) is 4.98 Å². The predicted octanol–water partition coefficient (Wildman–Crippen LogP) is 4.38. The van der Waals surface area contributed by atoms with E-state index in [1.54, 1.807) is 19.2 Å². The van der Waals surface area contributed by atoms with Crippen LogP contribution in [0, 0.1) is 0 Å². The van der Waals surface area contributed by atoms with Crippen LogP contribution in [-0.2, 0) is 6.18 Å². The van der Waals surface area contributed by atoms with Gasteiger partial charge in [-0.1, -0.05) is 12.1 Å². The van der Waals surface area contributed by atoms with Crippen LogP contribution in [0.25, 0.3) is 11.0 Å². The lowest BCUT2D eigenvalue weighted by Gasteiger charge is -2.13. The Morgan fingerprint density at radius 1 is 1.17 bits per heavy atom. The van der Waals surface area contributed by atoms with Crippen molar-refractivity contribution in [3.8, 4) is 5.75 Å². The number of H-pyrrole nitrogens is 1. The van der Waals surface area contributed by atoms with Crippen molar-refractivity contribution in [2.24, 2.45) is 0 Å². The summed E-state index contributed by atoms with van der Waals surface area (Å²) in [6.07, 6.45) is -3.53. The summed E-state index contributed by atoms with van der Waals surface area (Å²) in [6, 6.07) is 8.73. The molecule has 2 heterocycles. The quantitative estimate of drug-likeness (QED) is 0.662. The average Bonchev–Trinajstić information content (AvgIpc) is 2.98. The van der Waals surface area contributed by atoms with Crippen LogP contribution in [-0.4, -0.2) is 24.1 Å². The number of hydrogen-bond acceptors (Lipinski definition) is 4. The maximum Gasteiger partial charge on any atom is 0.418 e. The van der Waals surface area contributed by atoms with Crippen molar-refractivity contribution in [3.63, 3.8) is 0 Å². The third-order valence-electron chi connectivity index (χ3n) is 3.59. The fourth-order valence-electron chi connectivity index (χ4n) is 2.51. The molecule has 126 valence electrons. The summed E-state index contributed by atoms with van der Waals surface area (Å²) in [5, 5.41) is 5.86. The molecule has 0 aliphatic carbocycles. The Kier molecular flexibility index (Phi) is 3.96. The van der Waals surface area contributed by atoms with E-state index in [2.05, 4.69) is 20.6 Å². The minimum atomic E-state index is -4.46. The van der Waals surface area contributed by atoms with E-state index in [9.17, 15) is 13.2 Å². The predicted molar refractivity (Wildman–Crippen MR) is 86.9 cm³/mol. The third-order valence-corrected chi connectivity index (χ3v) is 3.59. The zero-order valence-corrected chi connectivity index (χ0v) is 13.0. The number of halogens is 3. The summed E-state index contributed by atoms with van der Waals surface area (Å²) in [7, 11) is 3.10. The molecule has 3 N–H and O–H groups in total. The fraction of sp³-hybridized carbons (Fsp3) is 0.188. The topological polar surface area (TPSA) is 62.0 Å². The van der Waals surface area contributed by atoms with Gasteiger partial charge in [-0.3, -0.25) is 0 Å². The molecule has 24 heavy (non-hydrogen) atoms. The summed E-state index contributed by atoms with van der Waals surface area (Å²) in [5.74, 6) is 1.000. The first-order valence-corrected chi connectivity index (χ1v) is 7.11. The van der Waals surface area contributed by atoms with Gasteiger partial charge in [0.05, 0.1) is 23.7 Å². The Morgan fingerprint density at radius 2 is 1.92 bits per heavy atom. The first kappa shape index (κ1) is 16.0. The first-order chi connectivity index (χ1) is 11.4. The van der Waals surface area contributed by atoms with Gasteiger partial charge in [0.2, 0.25) is 0 Å². The lowest BCUT2D eigenvalue weighted by atomic mass is 10.1. The highest BCUT2D eigenvalue weighted by Crippen LogP contribution is 2.39. The Morgan fingerprint density at radius 3 is 2.58 bits per heavy atom. The minimum Gasteiger partial charge on any atom is -0.495 e. The summed E-state index contributed by atoms with van der Waals surface area (Å²) in [4.78, 5) is 6.81. The number of ether oxygens (including phenoxy) is 1. The van der Waals surface area contributed by atoms with E-state index in [1.807, 2.05) is 12.1 Å². The standard InChI is InChI=1S/C16H15F3N4O/c1-20-11-7-13(22-10-5-3-4-6-12(10)24-2)23-15-14(11)9(8-21-15)16(17,18)19/h3-8H,1-2H3,(H3,20,21,22,23). The normalized spacial score (nSPS) is 11.5. The molecule has 3 aromatic rings. The Hall–Kier alpha value is -2.90. The largest absolute Gasteiger partial charge is 0.495 e. The van der Waals surface area contributed by atoms with Crippen molar-refractivity contribution >= 4 is 28.2 Å². The van der Waals surface area contributed by atoms with Crippen molar-refractivity contribution in [2.45, 2.75) is 6.18 Å². The molecule has 0 saturated heterocycles. The van der Waals surface area contributed by atoms with Crippen molar-refractivity contribution in [3.05, 3.63) is 42.1 Å². The van der Waals surface area contributed by atoms with Gasteiger partial charge >= 0.3 is 6.18 Å². The van der Waals surface area contributed by atoms with Crippen LogP contribution in [0.4, 0.5) is 30.4 Å². The van der Waals surface area contributed by atoms with Gasteiger partial charge in [-0.2, -0.15) is 13.2 Å². The Labute approximate surface area is 135 Å². The van der Waals surface area contributed by atoms with Gasteiger partial charge in [0.25, 0.3) is 0 Å². The molecule has 0 fully saturated rings. The van der Waals surface area contributed by atoms with Crippen molar-refractivity contribution < 1.29 is 17.9 Å². The van der Waals surface area contributed by atoms with Crippen LogP contribution in [0.1, 0.15) is 5.56 Å². The molecule has 1 aromatic carbocycles. The molecule has 0 amide bonds. The van der Waals surface area contributed by atoms with E-state index < -0.39 is 11.7 Å². The molecule has 0 radical (unpaired) electrons. The number of para-hydroxylation sites is 2. The van der Waals surface area contributed by atoms with Gasteiger partial charge in [0, 0.05) is 25.0 Å². The summed E-state index contributed by atoms with van der Waals surface area (Å²) in [6.45, 7) is 0. The smallest absolute Gasteiger partial charge is 0.418 e. The molecule has 5 nitrogen and oxygen atoms in total. The van der Waals surface area contributed by atoms with Crippen molar-refractivity contribution in [2.75, 3.05) is 24.8 Å². The highest BCUT2D eigenvalue weighted by molar-refractivity contribution is 5.95. The number of alkyl halides is 3. The summed E-state index contributed by atoms with van der Waals surface area (Å²) >= 11 is 0. The molecule has 0 spiro atoms. The molecule has 3 rings (SSSR count). The van der Waals surface area contributed by atoms with Crippen LogP contribution in [0.15, 0.2) is 36.5 Å². The van der Waals surface area contributed by atoms with E-state index in [0.29, 0.717) is 22.9 Å². The second-order valence-corrected chi connectivity index (χ2v) is 5.05. The lowest BCUT2D eigenvalue weighted by Crippen LogP contribution is -2.05. The number of anilines is 3. The van der Waals surface area contributed by atoms with Crippen LogP contribution in [0.5, 0.6) is 5.75 Å². The molecule has 0 aliphatic heterocycles. The molecule has 2 aromatic heterocycles. The molecule has 0 aliphatic rings. The SMILES string of the molecule is CNc1cc(Nc2ccccc2OC)nc2[nH]cc(C(F)(F)F)c12. The van der Waals surface area contributed by atoms with Gasteiger partial charge < -0.3 is 20.4 Å². The van der Waals surface area contributed by atoms with Gasteiger partial charge in [-0.05, 0) is 12.1 Å². The van der Waals surface area contributed by atoms with E-state index in [4.69, 9.17) is 4.74 Å². The van der Waals surface area contributed by atoms with E-state index >= 15 is 0 Å². The van der Waals surface area contributed by atoms with Crippen LogP contribution >= 0.6 is 0 Å². The molecule has 0 saturated carbocycles. The number of nitrogens with one attached hydrogen (secondary N) is 3. The van der Waals surface area contributed by atoms with Crippen molar-refractivity contribution in [1.29, 1.82) is 0 Å². The molecular weight excluding hydrogens is 321 g/mol. The summed E-state index contributed by atoms with van der Waals surface area (Å²) < 4.78 is 44.6. The monoisotopic (exact) mass is 336 g/mol. The summed E-state index contributed by atoms with van der Waals surface area (Å²) in [5.41, 5.74) is 0.382. The number of pyridine rings is 1. The van der Waals surface area contributed by atoms with Gasteiger partial charge in [0.1, 0.15) is 17.2 Å². The number of nitrogens with zero attached hydrogens (tertiary/aromatic N) is 1. The number of fused-ring (bicyclic) bond motifs is 1. The molecule has 8 heteroatoms. The van der Waals surface area contributed by atoms with E-state index in [0.717, 1.165) is 6.20 Å². The second-order valence-electron chi connectivity index (χ2n) is 5.05. The molecule has 0 atom stereocenters. The van der Waals surface area contributed by atoms with Crippen LogP contribution in [0.3, 0.4) is 0 Å². The van der Waals surface area contributed by atoms with E-state index in [-0.39, 0.29) is 11.0 Å². The number of aromatic amines is 1. The minimum absolute atomic E-state index is 0.00979. The number of aromatic nitrogens is 2. The van der Waals surface area contributed by atoms with Gasteiger partial charge in [-0.15, -0.1) is 0 Å². The Bertz CT molecular complexity index is 873. The Balaban J connectivity index is 2.08. The highest BCUT2D eigenvalue weighted by Gasteiger charge is 2.35. The molecule has 0 bridgehead atoms. The molecule has 0 unspecified atom stereocenters. The number of benzene rings is 1. The zero-order valence-electron chi connectivity index (χ0n) is 13.0. The van der Waals surface area contributed by atoms with E-state index in [1.165, 1.54) is 13.2 Å². The maximum atomic E-state index is 13.1. The lowest BCUT2D eigenvalue weighted by molar-refractivity contribution is -0.136. The number of rotatable bonds is 4. The second kappa shape index (κ2) is 5.95. The van der Waals surface area contributed by atoms with Crippen LogP contribution in [0.2, 0.25) is 0 Å². The first-order valence-electron chi connectivity index (χ1n) is 7.11. The average molecular weight is 336 g/mol. The zero-order chi connectivity index (χ0) is 17.3. The highest BCUT2D eigenvalue weighted by atomic mass is 19.4. The molecular formula is C16H15F3N4O.